The molecule has 0 bridgehead atoms. The number of anilines is 1. The number of pyridine rings is 1. The van der Waals surface area contributed by atoms with Gasteiger partial charge in [0.15, 0.2) is 0 Å². The minimum Gasteiger partial charge on any atom is -0.489 e. The van der Waals surface area contributed by atoms with Crippen LogP contribution in [0.1, 0.15) is 101 Å². The van der Waals surface area contributed by atoms with Crippen molar-refractivity contribution in [2.45, 2.75) is 111 Å². The van der Waals surface area contributed by atoms with E-state index in [2.05, 4.69) is 32.5 Å². The first-order valence-corrected chi connectivity index (χ1v) is 24.5. The summed E-state index contributed by atoms with van der Waals surface area (Å²) in [6, 6.07) is 13.9. The zero-order valence-electron chi connectivity index (χ0n) is 42.7. The van der Waals surface area contributed by atoms with Crippen molar-refractivity contribution < 1.29 is 46.9 Å². The molecule has 4 heterocycles. The lowest BCUT2D eigenvalue weighted by Gasteiger charge is -2.63. The maximum Gasteiger partial charge on any atom is 0.417 e. The standard InChI is InChI=1S/C54H66F3N9O7/c1-32(62-45(51(3,4)5)48(71)66-29-38(67)24-43(66)47(70)61-27-34-10-12-35(13-11-34)40-18-19-59-33(40)2)31-72-23-22-64-20-21-65(44(68)30-64)37-15-17-42(60-28-37)46(69)63-49-52(6,7)50(53(49,8)9)73-39-16-14-36(26-58)41(25-39)54(55,56)57/h10-17,19,25,28,38,43,45,49-50,62,67H,1,18,20-24,27,29-31H2,2-9H3,(H,61,70)(H,63,69)/t38-,43+,45-,49?,50?/m1/s1. The summed E-state index contributed by atoms with van der Waals surface area (Å²) in [6.45, 7) is 21.4. The first-order valence-electron chi connectivity index (χ1n) is 24.5. The van der Waals surface area contributed by atoms with Crippen LogP contribution in [0.5, 0.6) is 5.75 Å². The third-order valence-corrected chi connectivity index (χ3v) is 14.3. The zero-order valence-corrected chi connectivity index (χ0v) is 42.7. The van der Waals surface area contributed by atoms with E-state index in [9.17, 15) is 42.7 Å². The van der Waals surface area contributed by atoms with Gasteiger partial charge in [0.2, 0.25) is 17.7 Å². The number of ether oxygens (including phenoxy) is 2. The van der Waals surface area contributed by atoms with E-state index >= 15 is 0 Å². The molecular formula is C54H66F3N9O7. The SMILES string of the molecule is C=C(COCCN1CCN(c2ccc(C(=O)NC3C(C)(C)C(Oc4ccc(C#N)c(C(F)(F)F)c4)C3(C)C)nc2)C(=O)C1)N[C@H](C(=O)N1C[C@H](O)C[C@H]1C(=O)NCc1ccc(C2=C(C)N=CC2)cc1)C(C)(C)C. The van der Waals surface area contributed by atoms with E-state index in [-0.39, 0.29) is 68.4 Å². The second kappa shape index (κ2) is 21.5. The van der Waals surface area contributed by atoms with Gasteiger partial charge in [0.1, 0.15) is 29.6 Å². The summed E-state index contributed by atoms with van der Waals surface area (Å²) in [7, 11) is 0. The van der Waals surface area contributed by atoms with E-state index in [1.54, 1.807) is 17.0 Å². The lowest BCUT2D eigenvalue weighted by molar-refractivity contribution is -0.164. The molecule has 1 aliphatic carbocycles. The number of rotatable bonds is 17. The predicted molar refractivity (Wildman–Crippen MR) is 269 cm³/mol. The topological polar surface area (TPSA) is 202 Å². The minimum atomic E-state index is -4.73. The molecule has 4 aliphatic rings. The number of nitrogens with zero attached hydrogens (tertiary/aromatic N) is 6. The number of aliphatic hydroxyl groups excluding tert-OH is 1. The van der Waals surface area contributed by atoms with Gasteiger partial charge in [-0.2, -0.15) is 18.4 Å². The van der Waals surface area contributed by atoms with E-state index < -0.39 is 69.8 Å². The third kappa shape index (κ3) is 12.1. The molecule has 1 saturated carbocycles. The number of β-amino-alcohol motifs (C(OH)–C–C–N with tert-alkyl or cyclic N) is 1. The molecule has 0 spiro atoms. The molecule has 1 aromatic heterocycles. The van der Waals surface area contributed by atoms with Gasteiger partial charge in [-0.15, -0.1) is 0 Å². The molecule has 3 aliphatic heterocycles. The van der Waals surface area contributed by atoms with E-state index in [4.69, 9.17) is 9.47 Å². The number of carbonyl (C=O) groups excluding carboxylic acids is 4. The van der Waals surface area contributed by atoms with Crippen LogP contribution in [-0.2, 0) is 31.8 Å². The van der Waals surface area contributed by atoms with Crippen molar-refractivity contribution in [3.8, 4) is 11.8 Å². The average molecular weight is 1010 g/mol. The van der Waals surface area contributed by atoms with Crippen molar-refractivity contribution >= 4 is 41.1 Å². The van der Waals surface area contributed by atoms with Crippen molar-refractivity contribution in [1.82, 2.24) is 30.7 Å². The number of carbonyl (C=O) groups is 4. The molecule has 4 amide bonds. The van der Waals surface area contributed by atoms with Crippen LogP contribution in [0.25, 0.3) is 5.57 Å². The Labute approximate surface area is 424 Å². The van der Waals surface area contributed by atoms with Gasteiger partial charge >= 0.3 is 6.18 Å². The number of amides is 4. The molecule has 2 saturated heterocycles. The normalized spacial score (nSPS) is 22.1. The van der Waals surface area contributed by atoms with Crippen molar-refractivity contribution in [1.29, 1.82) is 5.26 Å². The highest BCUT2D eigenvalue weighted by atomic mass is 19.4. The summed E-state index contributed by atoms with van der Waals surface area (Å²) >= 11 is 0. The fourth-order valence-corrected chi connectivity index (χ4v) is 10.6. The largest absolute Gasteiger partial charge is 0.489 e. The number of hydrogen-bond acceptors (Lipinski definition) is 12. The van der Waals surface area contributed by atoms with Gasteiger partial charge in [0, 0.05) is 80.0 Å². The number of likely N-dealkylation sites (tertiary alicyclic amines) is 1. The molecule has 19 heteroatoms. The van der Waals surface area contributed by atoms with Crippen LogP contribution in [-0.4, -0.2) is 126 Å². The number of allylic oxidation sites excluding steroid dienone is 2. The minimum absolute atomic E-state index is 0.0224. The second-order valence-corrected chi connectivity index (χ2v) is 21.6. The molecule has 0 radical (unpaired) electrons. The third-order valence-electron chi connectivity index (χ3n) is 14.3. The van der Waals surface area contributed by atoms with Crippen molar-refractivity contribution in [2.24, 2.45) is 21.2 Å². The second-order valence-electron chi connectivity index (χ2n) is 21.6. The molecular weight excluding hydrogens is 944 g/mol. The number of aromatic nitrogens is 1. The molecule has 4 N–H and O–H groups in total. The number of alkyl halides is 3. The van der Waals surface area contributed by atoms with Gasteiger partial charge in [0.25, 0.3) is 5.91 Å². The van der Waals surface area contributed by atoms with E-state index in [1.807, 2.05) is 90.8 Å². The van der Waals surface area contributed by atoms with Gasteiger partial charge < -0.3 is 40.3 Å². The fourth-order valence-electron chi connectivity index (χ4n) is 10.6. The highest BCUT2D eigenvalue weighted by Crippen LogP contribution is 2.56. The van der Waals surface area contributed by atoms with E-state index in [0.717, 1.165) is 35.4 Å². The van der Waals surface area contributed by atoms with E-state index in [1.165, 1.54) is 28.8 Å². The quantitative estimate of drug-likeness (QED) is 0.111. The molecule has 73 heavy (non-hydrogen) atoms. The first-order chi connectivity index (χ1) is 34.3. The van der Waals surface area contributed by atoms with Gasteiger partial charge in [-0.3, -0.25) is 29.1 Å². The maximum atomic E-state index is 14.2. The van der Waals surface area contributed by atoms with Crippen LogP contribution < -0.4 is 25.6 Å². The number of aliphatic imine (C=N–C) groups is 1. The Morgan fingerprint density at radius 3 is 2.34 bits per heavy atom. The number of hydrogen-bond donors (Lipinski definition) is 4. The Balaban J connectivity index is 0.843. The van der Waals surface area contributed by atoms with Crippen LogP contribution in [0.4, 0.5) is 18.9 Å². The summed E-state index contributed by atoms with van der Waals surface area (Å²) in [5, 5.41) is 29.0. The van der Waals surface area contributed by atoms with Crippen molar-refractivity contribution in [2.75, 3.05) is 50.8 Å². The summed E-state index contributed by atoms with van der Waals surface area (Å²) in [6.07, 6.45) is -1.90. The van der Waals surface area contributed by atoms with Gasteiger partial charge in [-0.25, -0.2) is 4.98 Å². The molecule has 0 unspecified atom stereocenters. The Bertz CT molecular complexity index is 2670. The highest BCUT2D eigenvalue weighted by Gasteiger charge is 2.64. The lowest BCUT2D eigenvalue weighted by Crippen LogP contribution is -2.74. The Kier molecular flexibility index (Phi) is 15.9. The monoisotopic (exact) mass is 1010 g/mol. The molecule has 3 fully saturated rings. The van der Waals surface area contributed by atoms with Crippen LogP contribution in [0.2, 0.25) is 0 Å². The number of benzene rings is 2. The van der Waals surface area contributed by atoms with Crippen molar-refractivity contribution in [3.63, 3.8) is 0 Å². The number of piperazine rings is 1. The Morgan fingerprint density at radius 1 is 1.03 bits per heavy atom. The fraction of sp³-hybridized carbons (Fsp3) is 0.500. The molecule has 16 nitrogen and oxygen atoms in total. The number of aliphatic hydroxyl groups is 1. The lowest BCUT2D eigenvalue weighted by atomic mass is 9.49. The van der Waals surface area contributed by atoms with E-state index in [0.29, 0.717) is 31.0 Å². The Morgan fingerprint density at radius 2 is 1.74 bits per heavy atom. The number of nitriles is 1. The summed E-state index contributed by atoms with van der Waals surface area (Å²) < 4.78 is 52.9. The predicted octanol–water partition coefficient (Wildman–Crippen LogP) is 6.25. The zero-order chi connectivity index (χ0) is 53.2. The van der Waals surface area contributed by atoms with Gasteiger partial charge in [-0.05, 0) is 59.4 Å². The summed E-state index contributed by atoms with van der Waals surface area (Å²) in [5.74, 6) is -1.32. The number of halogens is 3. The maximum absolute atomic E-state index is 14.2. The molecule has 3 atom stereocenters. The highest BCUT2D eigenvalue weighted by molar-refractivity contribution is 5.97. The van der Waals surface area contributed by atoms with Gasteiger partial charge in [-0.1, -0.05) is 79.3 Å². The molecule has 390 valence electrons. The summed E-state index contributed by atoms with van der Waals surface area (Å²) in [4.78, 5) is 68.3. The molecule has 7 rings (SSSR count). The number of nitrogens with one attached hydrogen (secondary N) is 3. The average Bonchev–Trinajstić information content (AvgIpc) is 3.96. The first kappa shape index (κ1) is 54.2. The molecule has 3 aromatic rings. The molecule has 2 aromatic carbocycles. The summed E-state index contributed by atoms with van der Waals surface area (Å²) in [5.41, 5.74) is 1.69. The van der Waals surface area contributed by atoms with Crippen molar-refractivity contribution in [3.05, 3.63) is 107 Å². The van der Waals surface area contributed by atoms with Crippen LogP contribution in [0, 0.1) is 27.6 Å². The van der Waals surface area contributed by atoms with Crippen LogP contribution in [0.3, 0.4) is 0 Å². The van der Waals surface area contributed by atoms with Crippen LogP contribution >= 0.6 is 0 Å². The van der Waals surface area contributed by atoms with Gasteiger partial charge in [0.05, 0.1) is 54.9 Å². The Hall–Kier alpha value is -6.62. The smallest absolute Gasteiger partial charge is 0.417 e. The van der Waals surface area contributed by atoms with Crippen LogP contribution in [0.15, 0.2) is 83.8 Å².